The van der Waals surface area contributed by atoms with Gasteiger partial charge in [0.05, 0.1) is 0 Å². The molecule has 0 aromatic heterocycles. The smallest absolute Gasteiger partial charge is 0.164 e. The number of rotatable bonds is 2. The second-order valence-corrected chi connectivity index (χ2v) is 14.9. The van der Waals surface area contributed by atoms with Gasteiger partial charge in [-0.25, -0.2) is 0 Å². The highest BCUT2D eigenvalue weighted by Crippen LogP contribution is 2.75. The van der Waals surface area contributed by atoms with E-state index in [4.69, 9.17) is 0 Å². The van der Waals surface area contributed by atoms with E-state index in [1.807, 2.05) is 0 Å². The Hall–Kier alpha value is -0.890. The molecule has 184 valence electrons. The summed E-state index contributed by atoms with van der Waals surface area (Å²) in [4.78, 5) is 13.3. The van der Waals surface area contributed by atoms with Crippen molar-refractivity contribution in [3.05, 3.63) is 23.8 Å². The maximum absolute atomic E-state index is 13.3. The van der Waals surface area contributed by atoms with Gasteiger partial charge < -0.3 is 5.11 Å². The summed E-state index contributed by atoms with van der Waals surface area (Å²) >= 11 is 0. The summed E-state index contributed by atoms with van der Waals surface area (Å²) in [6.45, 7) is 17.2. The predicted octanol–water partition coefficient (Wildman–Crippen LogP) is 7.52. The molecule has 5 aliphatic rings. The van der Waals surface area contributed by atoms with Crippen LogP contribution in [0.5, 0.6) is 0 Å². The molecule has 0 unspecified atom stereocenters. The monoisotopic (exact) mass is 452 g/mol. The number of hydrogen-bond donors (Lipinski definition) is 1. The Balaban J connectivity index is 1.61. The second kappa shape index (κ2) is 7.08. The molecule has 0 aromatic carbocycles. The third kappa shape index (κ3) is 2.98. The molecule has 7 atom stereocenters. The predicted molar refractivity (Wildman–Crippen MR) is 136 cm³/mol. The molecule has 0 heterocycles. The van der Waals surface area contributed by atoms with Crippen molar-refractivity contribution in [1.82, 2.24) is 0 Å². The van der Waals surface area contributed by atoms with Gasteiger partial charge in [0.2, 0.25) is 0 Å². The standard InChI is InChI=1S/C31H48O2/c1-26(2)15-17-31(25(33)20-32)18-16-29(6)21(22(31)19-26)9-10-24-28(5)13-8-12-27(3,4)23(28)11-14-30(24,29)7/h8-9,12,22-24,32H,10-11,13-20H2,1-7H3/t22-,23-,24+,28-,29+,30+,31-/m0/s1. The van der Waals surface area contributed by atoms with Gasteiger partial charge in [-0.1, -0.05) is 72.3 Å². The summed E-state index contributed by atoms with van der Waals surface area (Å²) in [7, 11) is 0. The van der Waals surface area contributed by atoms with Gasteiger partial charge in [0.1, 0.15) is 6.61 Å². The van der Waals surface area contributed by atoms with Crippen molar-refractivity contribution < 1.29 is 9.90 Å². The molecule has 2 heteroatoms. The molecule has 1 N–H and O–H groups in total. The van der Waals surface area contributed by atoms with E-state index in [1.54, 1.807) is 5.57 Å². The van der Waals surface area contributed by atoms with E-state index >= 15 is 0 Å². The van der Waals surface area contributed by atoms with Crippen LogP contribution in [0.2, 0.25) is 0 Å². The molecule has 0 radical (unpaired) electrons. The first kappa shape index (κ1) is 23.8. The Labute approximate surface area is 202 Å². The normalized spacial score (nSPS) is 49.7. The van der Waals surface area contributed by atoms with Gasteiger partial charge in [0, 0.05) is 5.41 Å². The third-order valence-electron chi connectivity index (χ3n) is 12.6. The number of aliphatic hydroxyl groups excluding tert-OH is 1. The first-order valence-electron chi connectivity index (χ1n) is 13.8. The van der Waals surface area contributed by atoms with E-state index in [1.165, 1.54) is 25.7 Å². The Morgan fingerprint density at radius 1 is 0.970 bits per heavy atom. The molecule has 2 nitrogen and oxygen atoms in total. The number of ketones is 1. The number of carbonyl (C=O) groups is 1. The SMILES string of the molecule is CC1(C)CC[C@]2(C(=O)CO)CC[C@]3(C)C(=CC[C@@H]4[C@@]5(C)CC=CC(C)(C)[C@@H]5CC[C@]43C)[C@@H]2C1. The zero-order valence-electron chi connectivity index (χ0n) is 22.4. The number of carbonyl (C=O) groups excluding carboxylic acids is 1. The molecule has 0 bridgehead atoms. The Morgan fingerprint density at radius 3 is 2.36 bits per heavy atom. The van der Waals surface area contributed by atoms with E-state index in [-0.39, 0.29) is 39.5 Å². The fourth-order valence-corrected chi connectivity index (χ4v) is 10.5. The molecule has 3 fully saturated rings. The summed E-state index contributed by atoms with van der Waals surface area (Å²) in [5.41, 5.74) is 2.61. The van der Waals surface area contributed by atoms with Gasteiger partial charge in [-0.05, 0) is 103 Å². The minimum Gasteiger partial charge on any atom is -0.389 e. The van der Waals surface area contributed by atoms with E-state index in [0.29, 0.717) is 17.3 Å². The van der Waals surface area contributed by atoms with Gasteiger partial charge in [0.25, 0.3) is 0 Å². The Bertz CT molecular complexity index is 908. The van der Waals surface area contributed by atoms with Crippen molar-refractivity contribution in [2.45, 2.75) is 106 Å². The Kier molecular flexibility index (Phi) is 5.11. The summed E-state index contributed by atoms with van der Waals surface area (Å²) in [6, 6.07) is 0. The van der Waals surface area contributed by atoms with Gasteiger partial charge in [-0.3, -0.25) is 4.79 Å². The molecule has 0 aliphatic heterocycles. The number of hydrogen-bond acceptors (Lipinski definition) is 2. The maximum Gasteiger partial charge on any atom is 0.164 e. The lowest BCUT2D eigenvalue weighted by atomic mass is 9.34. The quantitative estimate of drug-likeness (QED) is 0.440. The zero-order valence-corrected chi connectivity index (χ0v) is 22.4. The van der Waals surface area contributed by atoms with E-state index in [2.05, 4.69) is 66.7 Å². The highest BCUT2D eigenvalue weighted by Gasteiger charge is 2.67. The highest BCUT2D eigenvalue weighted by molar-refractivity contribution is 5.87. The lowest BCUT2D eigenvalue weighted by Crippen LogP contribution is -2.63. The molecule has 3 saturated carbocycles. The van der Waals surface area contributed by atoms with Crippen molar-refractivity contribution >= 4 is 5.78 Å². The van der Waals surface area contributed by atoms with E-state index in [0.717, 1.165) is 38.0 Å². The number of Topliss-reactive ketones (excluding diaryl/α,β-unsaturated/α-hetero) is 1. The molecule has 0 aromatic rings. The molecular formula is C31H48O2. The van der Waals surface area contributed by atoms with Crippen molar-refractivity contribution in [2.24, 2.45) is 50.2 Å². The lowest BCUT2D eigenvalue weighted by Gasteiger charge is -2.70. The number of aliphatic hydroxyl groups is 1. The van der Waals surface area contributed by atoms with Crippen LogP contribution in [0.3, 0.4) is 0 Å². The van der Waals surface area contributed by atoms with E-state index < -0.39 is 0 Å². The van der Waals surface area contributed by atoms with Crippen LogP contribution in [-0.4, -0.2) is 17.5 Å². The second-order valence-electron chi connectivity index (χ2n) is 14.9. The van der Waals surface area contributed by atoms with Crippen LogP contribution >= 0.6 is 0 Å². The third-order valence-corrected chi connectivity index (χ3v) is 12.6. The molecular weight excluding hydrogens is 404 g/mol. The first-order chi connectivity index (χ1) is 15.3. The molecule has 0 saturated heterocycles. The van der Waals surface area contributed by atoms with Gasteiger partial charge in [-0.15, -0.1) is 0 Å². The van der Waals surface area contributed by atoms with Crippen LogP contribution in [0.25, 0.3) is 0 Å². The van der Waals surface area contributed by atoms with Crippen LogP contribution in [0, 0.1) is 50.2 Å². The minimum absolute atomic E-state index is 0.119. The number of fused-ring (bicyclic) bond motifs is 7. The Morgan fingerprint density at radius 2 is 1.67 bits per heavy atom. The van der Waals surface area contributed by atoms with E-state index in [9.17, 15) is 9.90 Å². The van der Waals surface area contributed by atoms with Gasteiger partial charge in [-0.2, -0.15) is 0 Å². The largest absolute Gasteiger partial charge is 0.389 e. The molecule has 0 spiro atoms. The van der Waals surface area contributed by atoms with Crippen molar-refractivity contribution in [3.8, 4) is 0 Å². The average Bonchev–Trinajstić information content (AvgIpc) is 2.72. The molecule has 5 rings (SSSR count). The van der Waals surface area contributed by atoms with Crippen LogP contribution in [0.1, 0.15) is 106 Å². The maximum atomic E-state index is 13.3. The minimum atomic E-state index is -0.324. The summed E-state index contributed by atoms with van der Waals surface area (Å²) < 4.78 is 0. The fraction of sp³-hybridized carbons (Fsp3) is 0.839. The lowest BCUT2D eigenvalue weighted by molar-refractivity contribution is -0.168. The summed E-state index contributed by atoms with van der Waals surface area (Å²) in [5.74, 6) is 1.87. The van der Waals surface area contributed by atoms with Crippen LogP contribution in [0.4, 0.5) is 0 Å². The number of allylic oxidation sites excluding steroid dienone is 4. The average molecular weight is 453 g/mol. The van der Waals surface area contributed by atoms with Gasteiger partial charge >= 0.3 is 0 Å². The zero-order chi connectivity index (χ0) is 24.1. The molecule has 33 heavy (non-hydrogen) atoms. The van der Waals surface area contributed by atoms with Crippen LogP contribution in [-0.2, 0) is 4.79 Å². The van der Waals surface area contributed by atoms with Gasteiger partial charge in [0.15, 0.2) is 5.78 Å². The summed E-state index contributed by atoms with van der Waals surface area (Å²) in [6.07, 6.45) is 17.8. The highest BCUT2D eigenvalue weighted by atomic mass is 16.3. The topological polar surface area (TPSA) is 37.3 Å². The first-order valence-corrected chi connectivity index (χ1v) is 13.8. The van der Waals surface area contributed by atoms with Crippen molar-refractivity contribution in [1.29, 1.82) is 0 Å². The molecule has 5 aliphatic carbocycles. The van der Waals surface area contributed by atoms with Crippen LogP contribution in [0.15, 0.2) is 23.8 Å². The van der Waals surface area contributed by atoms with Crippen molar-refractivity contribution in [3.63, 3.8) is 0 Å². The molecule has 0 amide bonds. The van der Waals surface area contributed by atoms with Crippen molar-refractivity contribution in [2.75, 3.05) is 6.61 Å². The summed E-state index contributed by atoms with van der Waals surface area (Å²) in [5, 5.41) is 9.99. The fourth-order valence-electron chi connectivity index (χ4n) is 10.5. The van der Waals surface area contributed by atoms with Crippen LogP contribution < -0.4 is 0 Å².